The van der Waals surface area contributed by atoms with Crippen LogP contribution in [0.25, 0.3) is 22.3 Å². The molecule has 1 saturated heterocycles. The molecule has 1 fully saturated rings. The summed E-state index contributed by atoms with van der Waals surface area (Å²) in [6.45, 7) is 5.00. The molecular formula is C27H30N6. The van der Waals surface area contributed by atoms with Gasteiger partial charge >= 0.3 is 0 Å². The van der Waals surface area contributed by atoms with E-state index in [-0.39, 0.29) is 0 Å². The molecule has 6 heteroatoms. The Morgan fingerprint density at radius 3 is 2.82 bits per heavy atom. The quantitative estimate of drug-likeness (QED) is 0.423. The fraction of sp³-hybridized carbons (Fsp3) is 0.333. The highest BCUT2D eigenvalue weighted by atomic mass is 15.1. The van der Waals surface area contributed by atoms with Gasteiger partial charge in [0.25, 0.3) is 0 Å². The van der Waals surface area contributed by atoms with Gasteiger partial charge in [0.1, 0.15) is 11.5 Å². The number of likely N-dealkylation sites (tertiary alicyclic amines) is 1. The van der Waals surface area contributed by atoms with Gasteiger partial charge in [0, 0.05) is 48.4 Å². The van der Waals surface area contributed by atoms with E-state index in [1.807, 2.05) is 12.3 Å². The van der Waals surface area contributed by atoms with Gasteiger partial charge in [-0.05, 0) is 73.9 Å². The Balaban J connectivity index is 1.24. The van der Waals surface area contributed by atoms with E-state index in [9.17, 15) is 0 Å². The first kappa shape index (κ1) is 20.4. The van der Waals surface area contributed by atoms with Gasteiger partial charge in [-0.25, -0.2) is 9.97 Å². The van der Waals surface area contributed by atoms with Crippen LogP contribution < -0.4 is 10.6 Å². The summed E-state index contributed by atoms with van der Waals surface area (Å²) in [5.41, 5.74) is 8.45. The van der Waals surface area contributed by atoms with E-state index in [1.54, 1.807) is 0 Å². The van der Waals surface area contributed by atoms with Crippen LogP contribution in [0.3, 0.4) is 0 Å². The van der Waals surface area contributed by atoms with Gasteiger partial charge in [-0.15, -0.1) is 0 Å². The Hall–Kier alpha value is -3.22. The molecule has 6 rings (SSSR count). The molecule has 0 radical (unpaired) electrons. The number of hydrogen-bond acceptors (Lipinski definition) is 5. The number of hydrogen-bond donors (Lipinski definition) is 3. The number of anilines is 1. The first-order chi connectivity index (χ1) is 16.2. The zero-order chi connectivity index (χ0) is 22.2. The summed E-state index contributed by atoms with van der Waals surface area (Å²) in [5, 5.41) is 8.08. The molecule has 0 spiro atoms. The van der Waals surface area contributed by atoms with Crippen LogP contribution in [0, 0.1) is 0 Å². The van der Waals surface area contributed by atoms with E-state index in [2.05, 4.69) is 75.0 Å². The molecule has 0 saturated carbocycles. The van der Waals surface area contributed by atoms with Crippen molar-refractivity contribution in [2.45, 2.75) is 38.4 Å². The number of aromatic amines is 1. The molecule has 3 N–H and O–H groups in total. The van der Waals surface area contributed by atoms with Crippen LogP contribution in [0.5, 0.6) is 0 Å². The van der Waals surface area contributed by atoms with Crippen molar-refractivity contribution in [1.29, 1.82) is 0 Å². The highest BCUT2D eigenvalue weighted by Gasteiger charge is 2.21. The number of fused-ring (bicyclic) bond motifs is 2. The third-order valence-corrected chi connectivity index (χ3v) is 7.11. The van der Waals surface area contributed by atoms with Gasteiger partial charge in [0.2, 0.25) is 0 Å². The normalized spacial score (nSPS) is 16.9. The third kappa shape index (κ3) is 4.12. The molecule has 1 aromatic carbocycles. The minimum absolute atomic E-state index is 0.576. The number of piperidine rings is 1. The number of nitrogens with one attached hydrogen (secondary N) is 3. The SMILES string of the molecule is CN1CCC(c2cc3c(-c4cccc(NCc5ccc6c(c5)CNC6)n4)ccnc3[nH]2)CC1. The maximum Gasteiger partial charge on any atom is 0.138 e. The van der Waals surface area contributed by atoms with Crippen molar-refractivity contribution in [3.63, 3.8) is 0 Å². The van der Waals surface area contributed by atoms with Crippen molar-refractivity contribution in [2.24, 2.45) is 0 Å². The molecule has 0 unspecified atom stereocenters. The predicted octanol–water partition coefficient (Wildman–Crippen LogP) is 4.65. The lowest BCUT2D eigenvalue weighted by Crippen LogP contribution is -2.29. The molecule has 4 aromatic rings. The summed E-state index contributed by atoms with van der Waals surface area (Å²) in [6, 6.07) is 17.3. The second-order valence-corrected chi connectivity index (χ2v) is 9.39. The summed E-state index contributed by atoms with van der Waals surface area (Å²) in [6.07, 6.45) is 4.26. The second kappa shape index (κ2) is 8.61. The van der Waals surface area contributed by atoms with Crippen molar-refractivity contribution in [3.05, 3.63) is 77.1 Å². The van der Waals surface area contributed by atoms with E-state index >= 15 is 0 Å². The molecule has 2 aliphatic heterocycles. The van der Waals surface area contributed by atoms with Crippen molar-refractivity contribution in [1.82, 2.24) is 25.2 Å². The zero-order valence-electron chi connectivity index (χ0n) is 19.1. The highest BCUT2D eigenvalue weighted by molar-refractivity contribution is 5.92. The second-order valence-electron chi connectivity index (χ2n) is 9.39. The van der Waals surface area contributed by atoms with Gasteiger partial charge in [0.15, 0.2) is 0 Å². The van der Waals surface area contributed by atoms with Crippen LogP contribution in [0.1, 0.15) is 41.1 Å². The van der Waals surface area contributed by atoms with Crippen molar-refractivity contribution in [2.75, 3.05) is 25.5 Å². The highest BCUT2D eigenvalue weighted by Crippen LogP contribution is 2.33. The largest absolute Gasteiger partial charge is 0.366 e. The van der Waals surface area contributed by atoms with E-state index < -0.39 is 0 Å². The van der Waals surface area contributed by atoms with Crippen LogP contribution in [-0.4, -0.2) is 40.0 Å². The molecule has 6 nitrogen and oxygen atoms in total. The molecule has 0 amide bonds. The molecule has 2 aliphatic rings. The van der Waals surface area contributed by atoms with Crippen LogP contribution in [0.4, 0.5) is 5.82 Å². The Morgan fingerprint density at radius 2 is 1.91 bits per heavy atom. The molecule has 0 bridgehead atoms. The Bertz CT molecular complexity index is 1290. The Kier molecular flexibility index (Phi) is 5.32. The Labute approximate surface area is 194 Å². The summed E-state index contributed by atoms with van der Waals surface area (Å²) in [4.78, 5) is 15.6. The molecule has 33 heavy (non-hydrogen) atoms. The van der Waals surface area contributed by atoms with Gasteiger partial charge < -0.3 is 20.5 Å². The molecule has 3 aromatic heterocycles. The lowest BCUT2D eigenvalue weighted by atomic mass is 9.93. The molecule has 0 aliphatic carbocycles. The number of aromatic nitrogens is 3. The van der Waals surface area contributed by atoms with Gasteiger partial charge in [-0.2, -0.15) is 0 Å². The van der Waals surface area contributed by atoms with Gasteiger partial charge in [0.05, 0.1) is 5.69 Å². The first-order valence-electron chi connectivity index (χ1n) is 11.9. The Morgan fingerprint density at radius 1 is 1.03 bits per heavy atom. The maximum atomic E-state index is 4.94. The summed E-state index contributed by atoms with van der Waals surface area (Å²) in [5.74, 6) is 1.47. The number of H-pyrrole nitrogens is 1. The topological polar surface area (TPSA) is 68.9 Å². The molecule has 5 heterocycles. The number of pyridine rings is 2. The summed E-state index contributed by atoms with van der Waals surface area (Å²) in [7, 11) is 2.20. The van der Waals surface area contributed by atoms with Gasteiger partial charge in [-0.3, -0.25) is 0 Å². The van der Waals surface area contributed by atoms with Crippen LogP contribution in [0.2, 0.25) is 0 Å². The third-order valence-electron chi connectivity index (χ3n) is 7.11. The average Bonchev–Trinajstić information content (AvgIpc) is 3.50. The monoisotopic (exact) mass is 438 g/mol. The number of benzene rings is 1. The number of nitrogens with zero attached hydrogens (tertiary/aromatic N) is 3. The van der Waals surface area contributed by atoms with Crippen molar-refractivity contribution in [3.8, 4) is 11.3 Å². The first-order valence-corrected chi connectivity index (χ1v) is 11.9. The van der Waals surface area contributed by atoms with Gasteiger partial charge in [-0.1, -0.05) is 24.3 Å². The number of rotatable bonds is 5. The lowest BCUT2D eigenvalue weighted by Gasteiger charge is -2.28. The van der Waals surface area contributed by atoms with Crippen LogP contribution in [0.15, 0.2) is 54.7 Å². The zero-order valence-corrected chi connectivity index (χ0v) is 19.1. The maximum absolute atomic E-state index is 4.94. The van der Waals surface area contributed by atoms with Crippen molar-refractivity contribution >= 4 is 16.9 Å². The smallest absolute Gasteiger partial charge is 0.138 e. The minimum atomic E-state index is 0.576. The van der Waals surface area contributed by atoms with E-state index in [0.29, 0.717) is 5.92 Å². The van der Waals surface area contributed by atoms with Crippen molar-refractivity contribution < 1.29 is 0 Å². The molecular weight excluding hydrogens is 408 g/mol. The van der Waals surface area contributed by atoms with E-state index in [0.717, 1.165) is 60.8 Å². The van der Waals surface area contributed by atoms with E-state index in [1.165, 1.54) is 35.2 Å². The van der Waals surface area contributed by atoms with E-state index in [4.69, 9.17) is 4.98 Å². The fourth-order valence-electron chi connectivity index (χ4n) is 5.14. The standard InChI is InChI=1S/C27H30N6/c1-33-11-8-19(9-12-33)25-14-23-22(7-10-29-27(23)32-25)24-3-2-4-26(31-24)30-15-18-5-6-20-16-28-17-21(20)13-18/h2-7,10,13-14,19,28H,8-9,11-12,15-17H2,1H3,(H,29,32)(H,30,31). The summed E-state index contributed by atoms with van der Waals surface area (Å²) >= 11 is 0. The fourth-order valence-corrected chi connectivity index (χ4v) is 5.14. The van der Waals surface area contributed by atoms with Crippen LogP contribution in [-0.2, 0) is 19.6 Å². The predicted molar refractivity (Wildman–Crippen MR) is 133 cm³/mol. The lowest BCUT2D eigenvalue weighted by molar-refractivity contribution is 0.254. The molecule has 168 valence electrons. The van der Waals surface area contributed by atoms with Crippen LogP contribution >= 0.6 is 0 Å². The molecule has 0 atom stereocenters. The minimum Gasteiger partial charge on any atom is -0.366 e. The average molecular weight is 439 g/mol. The summed E-state index contributed by atoms with van der Waals surface area (Å²) < 4.78 is 0.